The van der Waals surface area contributed by atoms with E-state index in [9.17, 15) is 0 Å². The summed E-state index contributed by atoms with van der Waals surface area (Å²) in [6.07, 6.45) is 2.06. The zero-order valence-electron chi connectivity index (χ0n) is 9.69. The lowest BCUT2D eigenvalue weighted by atomic mass is 10.0. The number of nitrogens with one attached hydrogen (secondary N) is 1. The predicted molar refractivity (Wildman–Crippen MR) is 75.0 cm³/mol. The molecule has 0 aliphatic rings. The van der Waals surface area contributed by atoms with E-state index < -0.39 is 0 Å². The summed E-state index contributed by atoms with van der Waals surface area (Å²) >= 11 is 9.50. The Morgan fingerprint density at radius 3 is 2.69 bits per heavy atom. The largest absolute Gasteiger partial charge is 0.313 e. The van der Waals surface area contributed by atoms with Crippen LogP contribution in [0, 0.1) is 0 Å². The standard InChI is InChI=1S/C13H17BrClN/c1-9(2)4-5-13(16-3)10-6-11(14)8-12(15)7-10/h6-8,13,16H,1,4-5H2,2-3H3. The van der Waals surface area contributed by atoms with Crippen LogP contribution in [0.2, 0.25) is 5.02 Å². The number of rotatable bonds is 5. The Balaban J connectivity index is 2.81. The molecule has 1 rings (SSSR count). The first kappa shape index (κ1) is 13.8. The molecule has 0 aliphatic carbocycles. The van der Waals surface area contributed by atoms with Crippen molar-refractivity contribution >= 4 is 27.5 Å². The van der Waals surface area contributed by atoms with E-state index in [4.69, 9.17) is 11.6 Å². The smallest absolute Gasteiger partial charge is 0.0420 e. The summed E-state index contributed by atoms with van der Waals surface area (Å²) in [5.41, 5.74) is 2.42. The van der Waals surface area contributed by atoms with E-state index in [1.807, 2.05) is 19.2 Å². The minimum Gasteiger partial charge on any atom is -0.313 e. The summed E-state index contributed by atoms with van der Waals surface area (Å²) < 4.78 is 1.02. The van der Waals surface area contributed by atoms with Gasteiger partial charge in [0.2, 0.25) is 0 Å². The van der Waals surface area contributed by atoms with Crippen LogP contribution in [0.1, 0.15) is 31.4 Å². The van der Waals surface area contributed by atoms with Crippen molar-refractivity contribution in [2.24, 2.45) is 0 Å². The highest BCUT2D eigenvalue weighted by atomic mass is 79.9. The second-order valence-corrected chi connectivity index (χ2v) is 5.39. The molecule has 1 N–H and O–H groups in total. The van der Waals surface area contributed by atoms with Crippen LogP contribution in [0.5, 0.6) is 0 Å². The molecule has 0 heterocycles. The van der Waals surface area contributed by atoms with Crippen molar-refractivity contribution in [3.8, 4) is 0 Å². The fourth-order valence-corrected chi connectivity index (χ4v) is 2.53. The lowest BCUT2D eigenvalue weighted by Gasteiger charge is -2.17. The van der Waals surface area contributed by atoms with Gasteiger partial charge in [0.15, 0.2) is 0 Å². The second-order valence-electron chi connectivity index (χ2n) is 4.04. The highest BCUT2D eigenvalue weighted by Gasteiger charge is 2.10. The molecule has 16 heavy (non-hydrogen) atoms. The summed E-state index contributed by atoms with van der Waals surface area (Å²) in [7, 11) is 1.97. The predicted octanol–water partition coefficient (Wildman–Crippen LogP) is 4.72. The van der Waals surface area contributed by atoms with E-state index in [0.29, 0.717) is 6.04 Å². The van der Waals surface area contributed by atoms with Gasteiger partial charge in [-0.15, -0.1) is 6.58 Å². The van der Waals surface area contributed by atoms with Crippen molar-refractivity contribution in [3.63, 3.8) is 0 Å². The van der Waals surface area contributed by atoms with Crippen molar-refractivity contribution < 1.29 is 0 Å². The number of hydrogen-bond acceptors (Lipinski definition) is 1. The van der Waals surface area contributed by atoms with E-state index in [1.54, 1.807) is 0 Å². The Kier molecular flexibility index (Phi) is 5.53. The van der Waals surface area contributed by atoms with Crippen LogP contribution >= 0.6 is 27.5 Å². The number of benzene rings is 1. The number of hydrogen-bond donors (Lipinski definition) is 1. The summed E-state index contributed by atoms with van der Waals surface area (Å²) in [5.74, 6) is 0. The van der Waals surface area contributed by atoms with Crippen molar-refractivity contribution in [2.75, 3.05) is 7.05 Å². The molecule has 0 aromatic heterocycles. The summed E-state index contributed by atoms with van der Waals surface area (Å²) in [5, 5.41) is 4.07. The quantitative estimate of drug-likeness (QED) is 0.776. The second kappa shape index (κ2) is 6.43. The minimum atomic E-state index is 0.326. The Bertz CT molecular complexity index is 356. The molecule has 1 aromatic carbocycles. The topological polar surface area (TPSA) is 12.0 Å². The van der Waals surface area contributed by atoms with Crippen LogP contribution in [-0.2, 0) is 0 Å². The highest BCUT2D eigenvalue weighted by Crippen LogP contribution is 2.26. The summed E-state index contributed by atoms with van der Waals surface area (Å²) in [4.78, 5) is 0. The van der Waals surface area contributed by atoms with Gasteiger partial charge in [-0.2, -0.15) is 0 Å². The zero-order chi connectivity index (χ0) is 12.1. The summed E-state index contributed by atoms with van der Waals surface area (Å²) in [6, 6.07) is 6.33. The molecular formula is C13H17BrClN. The Labute approximate surface area is 111 Å². The molecule has 0 amide bonds. The van der Waals surface area contributed by atoms with Gasteiger partial charge in [-0.3, -0.25) is 0 Å². The molecular weight excluding hydrogens is 286 g/mol. The molecule has 1 aromatic rings. The molecule has 0 spiro atoms. The molecule has 0 bridgehead atoms. The van der Waals surface area contributed by atoms with Gasteiger partial charge in [0.25, 0.3) is 0 Å². The molecule has 0 fully saturated rings. The maximum Gasteiger partial charge on any atom is 0.0420 e. The average molecular weight is 303 g/mol. The SMILES string of the molecule is C=C(C)CCC(NC)c1cc(Cl)cc(Br)c1. The first-order chi connectivity index (χ1) is 7.52. The van der Waals surface area contributed by atoms with Gasteiger partial charge >= 0.3 is 0 Å². The molecule has 88 valence electrons. The third-order valence-electron chi connectivity index (χ3n) is 2.50. The van der Waals surface area contributed by atoms with Gasteiger partial charge in [-0.05, 0) is 50.6 Å². The normalized spacial score (nSPS) is 12.5. The Hall–Kier alpha value is -0.310. The van der Waals surface area contributed by atoms with Gasteiger partial charge in [0, 0.05) is 15.5 Å². The average Bonchev–Trinajstić information content (AvgIpc) is 2.16. The monoisotopic (exact) mass is 301 g/mol. The Morgan fingerprint density at radius 2 is 2.19 bits per heavy atom. The van der Waals surface area contributed by atoms with E-state index in [2.05, 4.69) is 40.8 Å². The van der Waals surface area contributed by atoms with Crippen LogP contribution in [-0.4, -0.2) is 7.05 Å². The minimum absolute atomic E-state index is 0.326. The molecule has 0 radical (unpaired) electrons. The maximum absolute atomic E-state index is 6.04. The van der Waals surface area contributed by atoms with Gasteiger partial charge in [0.05, 0.1) is 0 Å². The lowest BCUT2D eigenvalue weighted by Crippen LogP contribution is -2.16. The van der Waals surface area contributed by atoms with Gasteiger partial charge in [0.1, 0.15) is 0 Å². The third-order valence-corrected chi connectivity index (χ3v) is 3.17. The van der Waals surface area contributed by atoms with Crippen LogP contribution in [0.4, 0.5) is 0 Å². The van der Waals surface area contributed by atoms with E-state index in [-0.39, 0.29) is 0 Å². The Morgan fingerprint density at radius 1 is 1.50 bits per heavy atom. The van der Waals surface area contributed by atoms with Crippen molar-refractivity contribution in [1.82, 2.24) is 5.32 Å². The molecule has 1 atom stereocenters. The van der Waals surface area contributed by atoms with Crippen molar-refractivity contribution in [2.45, 2.75) is 25.8 Å². The van der Waals surface area contributed by atoms with Crippen LogP contribution in [0.15, 0.2) is 34.8 Å². The number of allylic oxidation sites excluding steroid dienone is 1. The zero-order valence-corrected chi connectivity index (χ0v) is 12.0. The van der Waals surface area contributed by atoms with Crippen LogP contribution in [0.3, 0.4) is 0 Å². The van der Waals surface area contributed by atoms with E-state index in [1.165, 1.54) is 11.1 Å². The van der Waals surface area contributed by atoms with Crippen LogP contribution in [0.25, 0.3) is 0 Å². The van der Waals surface area contributed by atoms with Gasteiger partial charge < -0.3 is 5.32 Å². The lowest BCUT2D eigenvalue weighted by molar-refractivity contribution is 0.548. The highest BCUT2D eigenvalue weighted by molar-refractivity contribution is 9.10. The molecule has 0 saturated carbocycles. The van der Waals surface area contributed by atoms with E-state index >= 15 is 0 Å². The molecule has 0 aliphatic heterocycles. The first-order valence-corrected chi connectivity index (χ1v) is 6.47. The first-order valence-electron chi connectivity index (χ1n) is 5.30. The van der Waals surface area contributed by atoms with Crippen molar-refractivity contribution in [1.29, 1.82) is 0 Å². The fourth-order valence-electron chi connectivity index (χ4n) is 1.64. The molecule has 1 nitrogen and oxygen atoms in total. The van der Waals surface area contributed by atoms with E-state index in [0.717, 1.165) is 22.3 Å². The van der Waals surface area contributed by atoms with Gasteiger partial charge in [-0.25, -0.2) is 0 Å². The third kappa shape index (κ3) is 4.28. The maximum atomic E-state index is 6.04. The summed E-state index contributed by atoms with van der Waals surface area (Å²) in [6.45, 7) is 5.98. The molecule has 1 unspecified atom stereocenters. The van der Waals surface area contributed by atoms with Crippen LogP contribution < -0.4 is 5.32 Å². The molecule has 3 heteroatoms. The van der Waals surface area contributed by atoms with Crippen molar-refractivity contribution in [3.05, 3.63) is 45.4 Å². The van der Waals surface area contributed by atoms with Gasteiger partial charge in [-0.1, -0.05) is 33.1 Å². The fraction of sp³-hybridized carbons (Fsp3) is 0.385. The molecule has 0 saturated heterocycles. The number of halogens is 2.